The molecule has 69 heavy (non-hydrogen) atoms. The number of para-hydroxylation sites is 2. The molecule has 0 saturated carbocycles. The van der Waals surface area contributed by atoms with Crippen molar-refractivity contribution >= 4 is 11.0 Å². The van der Waals surface area contributed by atoms with Gasteiger partial charge in [-0.1, -0.05) is 201 Å². The molecule has 0 spiro atoms. The minimum absolute atomic E-state index is 0.0102. The molecule has 10 aromatic rings. The van der Waals surface area contributed by atoms with Crippen LogP contribution in [0.2, 0.25) is 0 Å². The summed E-state index contributed by atoms with van der Waals surface area (Å²) in [6.45, 7) is 18.3. The van der Waals surface area contributed by atoms with E-state index >= 15 is 0 Å². The van der Waals surface area contributed by atoms with Crippen LogP contribution in [0.25, 0.3) is 95.0 Å². The molecular formula is C65H59N3O. The van der Waals surface area contributed by atoms with Gasteiger partial charge in [-0.15, -0.1) is 0 Å². The fourth-order valence-corrected chi connectivity index (χ4v) is 9.39. The van der Waals surface area contributed by atoms with Crippen molar-refractivity contribution in [3.05, 3.63) is 218 Å². The molecule has 1 N–H and O–H groups in total. The Bertz CT molecular complexity index is 3460. The molecule has 4 heteroatoms. The van der Waals surface area contributed by atoms with Gasteiger partial charge < -0.3 is 5.11 Å². The number of aromatic hydroxyl groups is 1. The van der Waals surface area contributed by atoms with Crippen LogP contribution in [0.1, 0.15) is 66.5 Å². The van der Waals surface area contributed by atoms with E-state index in [0.717, 1.165) is 83.6 Å². The number of hydrogen-bond donors (Lipinski definition) is 1. The third-order valence-corrected chi connectivity index (χ3v) is 14.5. The molecule has 2 aromatic heterocycles. The van der Waals surface area contributed by atoms with E-state index < -0.39 is 0 Å². The summed E-state index contributed by atoms with van der Waals surface area (Å²) in [5.41, 5.74) is 18.2. The first-order valence-corrected chi connectivity index (χ1v) is 24.0. The van der Waals surface area contributed by atoms with E-state index in [-0.39, 0.29) is 22.0 Å². The lowest BCUT2D eigenvalue weighted by atomic mass is 9.65. The van der Waals surface area contributed by atoms with E-state index in [2.05, 4.69) is 212 Å². The van der Waals surface area contributed by atoms with E-state index in [1.807, 2.05) is 54.7 Å². The van der Waals surface area contributed by atoms with E-state index in [1.54, 1.807) is 0 Å². The number of hydrogen-bond acceptors (Lipinski definition) is 3. The predicted octanol–water partition coefficient (Wildman–Crippen LogP) is 17.4. The number of imidazole rings is 1. The molecule has 4 nitrogen and oxygen atoms in total. The van der Waals surface area contributed by atoms with Gasteiger partial charge in [-0.05, 0) is 121 Å². The van der Waals surface area contributed by atoms with Gasteiger partial charge in [0.2, 0.25) is 0 Å². The summed E-state index contributed by atoms with van der Waals surface area (Å²) < 4.78 is 2.25. The molecule has 340 valence electrons. The van der Waals surface area contributed by atoms with Crippen LogP contribution in [0.15, 0.2) is 206 Å². The highest BCUT2D eigenvalue weighted by Gasteiger charge is 2.34. The van der Waals surface area contributed by atoms with Gasteiger partial charge in [-0.3, -0.25) is 9.55 Å². The van der Waals surface area contributed by atoms with Gasteiger partial charge in [0.05, 0.1) is 28.0 Å². The van der Waals surface area contributed by atoms with Crippen LogP contribution in [-0.4, -0.2) is 19.6 Å². The van der Waals surface area contributed by atoms with Crippen LogP contribution in [0.4, 0.5) is 0 Å². The van der Waals surface area contributed by atoms with Crippen LogP contribution in [0.5, 0.6) is 5.75 Å². The van der Waals surface area contributed by atoms with Crippen LogP contribution in [0.3, 0.4) is 0 Å². The second-order valence-corrected chi connectivity index (χ2v) is 20.9. The van der Waals surface area contributed by atoms with Crippen LogP contribution < -0.4 is 0 Å². The van der Waals surface area contributed by atoms with Gasteiger partial charge in [0.1, 0.15) is 11.6 Å². The van der Waals surface area contributed by atoms with E-state index in [1.165, 1.54) is 11.1 Å². The van der Waals surface area contributed by atoms with Crippen molar-refractivity contribution in [1.82, 2.24) is 14.5 Å². The van der Waals surface area contributed by atoms with E-state index in [9.17, 15) is 5.11 Å². The fraction of sp³-hybridized carbons (Fsp3) is 0.169. The maximum atomic E-state index is 12.4. The minimum Gasteiger partial charge on any atom is -0.507 e. The highest BCUT2D eigenvalue weighted by molar-refractivity contribution is 5.99. The first kappa shape index (κ1) is 45.0. The zero-order chi connectivity index (χ0) is 48.1. The highest BCUT2D eigenvalue weighted by atomic mass is 16.3. The zero-order valence-corrected chi connectivity index (χ0v) is 40.9. The SMILES string of the molecule is CC(C)(C)c1ccc(-n2c(-c3cccc(-c4ccccc4)c3O)nc3c(-c4cc(-c5ccccc5)cc(-c5cc(-c6ccc(C(C)(C)C(C)(C)C)cc6)ccn5)c4)cccc32)c(-c2ccccc2)c1. The van der Waals surface area contributed by atoms with Gasteiger partial charge in [-0.2, -0.15) is 0 Å². The number of phenolic OH excluding ortho intramolecular Hbond substituents is 1. The molecule has 10 rings (SSSR count). The molecule has 0 aliphatic carbocycles. The molecule has 0 radical (unpaired) electrons. The molecule has 0 bridgehead atoms. The zero-order valence-electron chi connectivity index (χ0n) is 40.9. The Kier molecular flexibility index (Phi) is 11.5. The topological polar surface area (TPSA) is 50.9 Å². The summed E-state index contributed by atoms with van der Waals surface area (Å²) in [6, 6.07) is 70.6. The van der Waals surface area contributed by atoms with Gasteiger partial charge >= 0.3 is 0 Å². The van der Waals surface area contributed by atoms with E-state index in [0.29, 0.717) is 11.4 Å². The number of phenols is 1. The Hall–Kier alpha value is -7.82. The lowest BCUT2D eigenvalue weighted by molar-refractivity contribution is 0.225. The Morgan fingerprint density at radius 3 is 1.61 bits per heavy atom. The number of benzene rings is 8. The number of rotatable bonds is 9. The van der Waals surface area contributed by atoms with Gasteiger partial charge in [0.25, 0.3) is 0 Å². The molecule has 0 aliphatic rings. The van der Waals surface area contributed by atoms with Crippen molar-refractivity contribution in [2.75, 3.05) is 0 Å². The smallest absolute Gasteiger partial charge is 0.149 e. The summed E-state index contributed by atoms with van der Waals surface area (Å²) in [5, 5.41) is 12.4. The second kappa shape index (κ2) is 17.7. The maximum Gasteiger partial charge on any atom is 0.149 e. The highest BCUT2D eigenvalue weighted by Crippen LogP contribution is 2.45. The normalized spacial score (nSPS) is 12.1. The van der Waals surface area contributed by atoms with Gasteiger partial charge in [0.15, 0.2) is 0 Å². The maximum absolute atomic E-state index is 12.4. The molecular weight excluding hydrogens is 839 g/mol. The number of pyridine rings is 1. The van der Waals surface area contributed by atoms with Crippen LogP contribution >= 0.6 is 0 Å². The second-order valence-electron chi connectivity index (χ2n) is 20.9. The lowest BCUT2D eigenvalue weighted by Gasteiger charge is -2.39. The van der Waals surface area contributed by atoms with Crippen LogP contribution in [0, 0.1) is 5.41 Å². The van der Waals surface area contributed by atoms with Gasteiger partial charge in [0, 0.05) is 28.5 Å². The Balaban J connectivity index is 1.20. The molecule has 0 atom stereocenters. The van der Waals surface area contributed by atoms with E-state index in [4.69, 9.17) is 9.97 Å². The number of aromatic nitrogens is 3. The van der Waals surface area contributed by atoms with Crippen molar-refractivity contribution in [3.63, 3.8) is 0 Å². The predicted molar refractivity (Wildman–Crippen MR) is 290 cm³/mol. The summed E-state index contributed by atoms with van der Waals surface area (Å²) >= 11 is 0. The van der Waals surface area contributed by atoms with Gasteiger partial charge in [-0.25, -0.2) is 4.98 Å². The largest absolute Gasteiger partial charge is 0.507 e. The molecule has 0 fully saturated rings. The fourth-order valence-electron chi connectivity index (χ4n) is 9.39. The van der Waals surface area contributed by atoms with Crippen LogP contribution in [-0.2, 0) is 10.8 Å². The Labute approximate surface area is 407 Å². The lowest BCUT2D eigenvalue weighted by Crippen LogP contribution is -2.33. The third kappa shape index (κ3) is 8.57. The molecule has 0 saturated heterocycles. The molecule has 0 aliphatic heterocycles. The summed E-state index contributed by atoms with van der Waals surface area (Å²) in [7, 11) is 0. The third-order valence-electron chi connectivity index (χ3n) is 14.5. The van der Waals surface area contributed by atoms with Crippen molar-refractivity contribution in [3.8, 4) is 89.7 Å². The number of nitrogens with zero attached hydrogens (tertiary/aromatic N) is 3. The molecule has 8 aromatic carbocycles. The average Bonchev–Trinajstić information content (AvgIpc) is 3.76. The standard InChI is InChI=1S/C65H59N3O/c1-63(2,3)52-34-35-58(56(42-52)46-24-16-11-17-25-46)68-59-29-19-26-53(60(59)67-62(68)55-28-18-27-54(61(55)69)45-22-14-10-15-23-45)49-38-48(43-20-12-9-13-21-43)39-50(40-49)57-41-47(36-37-66-57)44-30-32-51(33-31-44)65(7,8)64(4,5)6/h9-42,69H,1-8H3. The van der Waals surface area contributed by atoms with Crippen molar-refractivity contribution in [1.29, 1.82) is 0 Å². The van der Waals surface area contributed by atoms with Crippen molar-refractivity contribution in [2.45, 2.75) is 66.2 Å². The quantitative estimate of drug-likeness (QED) is 0.157. The minimum atomic E-state index is -0.0822. The number of fused-ring (bicyclic) bond motifs is 1. The monoisotopic (exact) mass is 897 g/mol. The summed E-state index contributed by atoms with van der Waals surface area (Å²) in [4.78, 5) is 10.6. The molecule has 0 amide bonds. The molecule has 0 unspecified atom stereocenters. The Morgan fingerprint density at radius 1 is 0.406 bits per heavy atom. The average molecular weight is 898 g/mol. The first-order chi connectivity index (χ1) is 33.2. The Morgan fingerprint density at radius 2 is 0.957 bits per heavy atom. The summed E-state index contributed by atoms with van der Waals surface area (Å²) in [5.74, 6) is 0.834. The molecule has 2 heterocycles. The van der Waals surface area contributed by atoms with Crippen molar-refractivity contribution in [2.24, 2.45) is 5.41 Å². The summed E-state index contributed by atoms with van der Waals surface area (Å²) in [6.07, 6.45) is 1.92. The van der Waals surface area contributed by atoms with Crippen molar-refractivity contribution < 1.29 is 5.11 Å². The first-order valence-electron chi connectivity index (χ1n) is 24.0.